The lowest BCUT2D eigenvalue weighted by molar-refractivity contribution is -0.134. The summed E-state index contributed by atoms with van der Waals surface area (Å²) in [6.45, 7) is 17.6. The number of hydrogen-bond acceptors (Lipinski definition) is 0. The van der Waals surface area contributed by atoms with Crippen LogP contribution in [0.2, 0.25) is 0 Å². The monoisotopic (exact) mass is 250 g/mol. The average Bonchev–Trinajstić information content (AvgIpc) is 2.11. The van der Waals surface area contributed by atoms with E-state index in [2.05, 4.69) is 48.5 Å². The second kappa shape index (κ2) is 4.00. The van der Waals surface area contributed by atoms with Gasteiger partial charge in [-0.25, -0.2) is 0 Å². The van der Waals surface area contributed by atoms with Crippen molar-refractivity contribution in [3.63, 3.8) is 0 Å². The zero-order chi connectivity index (χ0) is 13.8. The molecule has 2 aliphatic rings. The van der Waals surface area contributed by atoms with Crippen molar-refractivity contribution >= 4 is 0 Å². The molecular formula is C18H34. The van der Waals surface area contributed by atoms with Crippen molar-refractivity contribution < 1.29 is 0 Å². The molecule has 0 amide bonds. The van der Waals surface area contributed by atoms with E-state index in [4.69, 9.17) is 0 Å². The summed E-state index contributed by atoms with van der Waals surface area (Å²) in [5, 5.41) is 0. The van der Waals surface area contributed by atoms with Crippen LogP contribution in [0.4, 0.5) is 0 Å². The van der Waals surface area contributed by atoms with E-state index in [0.29, 0.717) is 21.7 Å². The third kappa shape index (κ3) is 2.25. The van der Waals surface area contributed by atoms with Crippen LogP contribution in [0.5, 0.6) is 0 Å². The van der Waals surface area contributed by atoms with Gasteiger partial charge < -0.3 is 0 Å². The molecule has 0 heteroatoms. The molecule has 2 aliphatic carbocycles. The summed E-state index contributed by atoms with van der Waals surface area (Å²) in [5.41, 5.74) is 2.24. The average molecular weight is 250 g/mol. The van der Waals surface area contributed by atoms with Crippen molar-refractivity contribution in [3.8, 4) is 0 Å². The molecule has 106 valence electrons. The van der Waals surface area contributed by atoms with Crippen LogP contribution >= 0.6 is 0 Å². The Bertz CT molecular complexity index is 321. The third-order valence-electron chi connectivity index (χ3n) is 6.39. The summed E-state index contributed by atoms with van der Waals surface area (Å²) in [6, 6.07) is 0. The van der Waals surface area contributed by atoms with E-state index in [1.54, 1.807) is 0 Å². The highest BCUT2D eigenvalue weighted by molar-refractivity contribution is 5.08. The van der Waals surface area contributed by atoms with E-state index < -0.39 is 0 Å². The quantitative estimate of drug-likeness (QED) is 0.559. The van der Waals surface area contributed by atoms with Gasteiger partial charge in [0.2, 0.25) is 0 Å². The van der Waals surface area contributed by atoms with Gasteiger partial charge in [0.25, 0.3) is 0 Å². The normalized spacial score (nSPS) is 43.8. The highest BCUT2D eigenvalue weighted by Crippen LogP contribution is 2.68. The Morgan fingerprint density at radius 2 is 1.61 bits per heavy atom. The van der Waals surface area contributed by atoms with Crippen molar-refractivity contribution in [2.75, 3.05) is 0 Å². The largest absolute Gasteiger partial charge is 0.0649 e. The van der Waals surface area contributed by atoms with Crippen LogP contribution in [0, 0.1) is 27.6 Å². The maximum Gasteiger partial charge on any atom is -0.0234 e. The Morgan fingerprint density at radius 1 is 1.00 bits per heavy atom. The maximum atomic E-state index is 2.57. The first-order valence-corrected chi connectivity index (χ1v) is 8.03. The molecule has 3 unspecified atom stereocenters. The molecule has 0 radical (unpaired) electrons. The van der Waals surface area contributed by atoms with Crippen LogP contribution in [-0.4, -0.2) is 0 Å². The van der Waals surface area contributed by atoms with E-state index in [-0.39, 0.29) is 0 Å². The standard InChI is InChI=1S/C18H34/c1-8-16(5,6)18-10-14(2)9-17(7,13-18)11-15(3,4)12-18/h14H,8-13H2,1-7H3. The predicted octanol–water partition coefficient (Wildman–Crippen LogP) is 6.06. The first kappa shape index (κ1) is 14.4. The molecule has 0 spiro atoms. The minimum Gasteiger partial charge on any atom is -0.0649 e. The zero-order valence-electron chi connectivity index (χ0n) is 13.8. The highest BCUT2D eigenvalue weighted by atomic mass is 14.6. The molecule has 2 fully saturated rings. The van der Waals surface area contributed by atoms with Crippen LogP contribution in [-0.2, 0) is 0 Å². The lowest BCUT2D eigenvalue weighted by Crippen LogP contribution is -2.53. The second-order valence-electron chi connectivity index (χ2n) is 9.54. The molecule has 2 rings (SSSR count). The van der Waals surface area contributed by atoms with Gasteiger partial charge in [-0.2, -0.15) is 0 Å². The van der Waals surface area contributed by atoms with Crippen molar-refractivity contribution in [2.24, 2.45) is 27.6 Å². The van der Waals surface area contributed by atoms with Gasteiger partial charge in [-0.1, -0.05) is 54.9 Å². The van der Waals surface area contributed by atoms with Crippen LogP contribution in [0.25, 0.3) is 0 Å². The molecule has 0 aromatic carbocycles. The zero-order valence-corrected chi connectivity index (χ0v) is 13.8. The molecule has 0 aromatic heterocycles. The van der Waals surface area contributed by atoms with E-state index in [0.717, 1.165) is 5.92 Å². The minimum absolute atomic E-state index is 0.501. The summed E-state index contributed by atoms with van der Waals surface area (Å²) in [4.78, 5) is 0. The first-order valence-electron chi connectivity index (χ1n) is 8.03. The molecule has 0 aliphatic heterocycles. The van der Waals surface area contributed by atoms with E-state index >= 15 is 0 Å². The van der Waals surface area contributed by atoms with E-state index in [1.165, 1.54) is 38.5 Å². The molecule has 2 saturated carbocycles. The van der Waals surface area contributed by atoms with Crippen molar-refractivity contribution in [1.82, 2.24) is 0 Å². The Balaban J connectivity index is 2.43. The van der Waals surface area contributed by atoms with Crippen LogP contribution in [0.1, 0.15) is 87.0 Å². The van der Waals surface area contributed by atoms with Crippen molar-refractivity contribution in [2.45, 2.75) is 87.0 Å². The van der Waals surface area contributed by atoms with Crippen LogP contribution in [0.3, 0.4) is 0 Å². The molecule has 0 saturated heterocycles. The number of fused-ring (bicyclic) bond motifs is 2. The molecule has 0 heterocycles. The minimum atomic E-state index is 0.501. The summed E-state index contributed by atoms with van der Waals surface area (Å²) in [5.74, 6) is 0.922. The fourth-order valence-corrected chi connectivity index (χ4v) is 6.07. The third-order valence-corrected chi connectivity index (χ3v) is 6.39. The van der Waals surface area contributed by atoms with Gasteiger partial charge >= 0.3 is 0 Å². The van der Waals surface area contributed by atoms with E-state index in [9.17, 15) is 0 Å². The molecule has 0 N–H and O–H groups in total. The fraction of sp³-hybridized carbons (Fsp3) is 1.00. The Labute approximate surface area is 115 Å². The van der Waals surface area contributed by atoms with Crippen molar-refractivity contribution in [3.05, 3.63) is 0 Å². The van der Waals surface area contributed by atoms with Crippen LogP contribution < -0.4 is 0 Å². The molecule has 0 aromatic rings. The molecule has 0 nitrogen and oxygen atoms in total. The predicted molar refractivity (Wildman–Crippen MR) is 80.6 cm³/mol. The van der Waals surface area contributed by atoms with Gasteiger partial charge in [0.15, 0.2) is 0 Å². The summed E-state index contributed by atoms with van der Waals surface area (Å²) in [6.07, 6.45) is 8.61. The lowest BCUT2D eigenvalue weighted by Gasteiger charge is -2.64. The van der Waals surface area contributed by atoms with Gasteiger partial charge in [0.05, 0.1) is 0 Å². The molecular weight excluding hydrogens is 216 g/mol. The van der Waals surface area contributed by atoms with Gasteiger partial charge in [-0.15, -0.1) is 0 Å². The fourth-order valence-electron chi connectivity index (χ4n) is 6.07. The Morgan fingerprint density at radius 3 is 2.17 bits per heavy atom. The summed E-state index contributed by atoms with van der Waals surface area (Å²) < 4.78 is 0. The number of rotatable bonds is 2. The lowest BCUT2D eigenvalue weighted by atomic mass is 9.41. The van der Waals surface area contributed by atoms with E-state index in [1.807, 2.05) is 0 Å². The second-order valence-corrected chi connectivity index (χ2v) is 9.54. The van der Waals surface area contributed by atoms with Crippen molar-refractivity contribution in [1.29, 1.82) is 0 Å². The van der Waals surface area contributed by atoms with Gasteiger partial charge in [0, 0.05) is 0 Å². The summed E-state index contributed by atoms with van der Waals surface area (Å²) >= 11 is 0. The van der Waals surface area contributed by atoms with Crippen LogP contribution in [0.15, 0.2) is 0 Å². The first-order chi connectivity index (χ1) is 8.03. The Kier molecular flexibility index (Phi) is 3.20. The maximum absolute atomic E-state index is 2.57. The number of hydrogen-bond donors (Lipinski definition) is 0. The topological polar surface area (TPSA) is 0 Å². The molecule has 2 bridgehead atoms. The highest BCUT2D eigenvalue weighted by Gasteiger charge is 2.57. The SMILES string of the molecule is CCC(C)(C)C12CC(C)CC(C)(CC(C)(C)C1)C2. The Hall–Kier alpha value is 0. The van der Waals surface area contributed by atoms with Gasteiger partial charge in [0.1, 0.15) is 0 Å². The molecule has 18 heavy (non-hydrogen) atoms. The molecule has 3 atom stereocenters. The van der Waals surface area contributed by atoms with Gasteiger partial charge in [-0.3, -0.25) is 0 Å². The van der Waals surface area contributed by atoms with Gasteiger partial charge in [-0.05, 0) is 59.7 Å². The smallest absolute Gasteiger partial charge is 0.0234 e. The summed E-state index contributed by atoms with van der Waals surface area (Å²) in [7, 11) is 0.